The van der Waals surface area contributed by atoms with Crippen molar-refractivity contribution < 1.29 is 23.0 Å². The van der Waals surface area contributed by atoms with E-state index < -0.39 is 6.61 Å². The number of halogens is 2. The summed E-state index contributed by atoms with van der Waals surface area (Å²) in [6.45, 7) is 3.60. The Balaban J connectivity index is 1.29. The number of nitrogen functional groups attached to an aromatic ring is 1. The van der Waals surface area contributed by atoms with E-state index in [0.29, 0.717) is 50.2 Å². The minimum absolute atomic E-state index is 0.0254. The van der Waals surface area contributed by atoms with Crippen LogP contribution in [0, 0.1) is 0 Å². The summed E-state index contributed by atoms with van der Waals surface area (Å²) in [5, 5.41) is 5.59. The number of hydrogen-bond acceptors (Lipinski definition) is 9. The summed E-state index contributed by atoms with van der Waals surface area (Å²) in [4.78, 5) is 30.9. The lowest BCUT2D eigenvalue weighted by Crippen LogP contribution is -2.50. The fraction of sp³-hybridized carbons (Fsp3) is 0.391. The van der Waals surface area contributed by atoms with Gasteiger partial charge in [0, 0.05) is 37.2 Å². The first-order valence-electron chi connectivity index (χ1n) is 11.3. The number of thiophene rings is 1. The highest BCUT2D eigenvalue weighted by Crippen LogP contribution is 2.35. The number of urea groups is 1. The number of anilines is 3. The van der Waals surface area contributed by atoms with Gasteiger partial charge in [-0.3, -0.25) is 0 Å². The standard InChI is InChI=1S/C23H25F2N7O3S/c1-23(2)12-34-18(30-23)15-11-36-19-16(15)17(28-21(26)29-19)31-7-9-32(10-8-31)22(33)27-13-3-5-14(6-4-13)35-20(24)25/h3-6,11,20H,7-10,12H2,1-2H3,(H,27,33)(H2,26,28,29). The van der Waals surface area contributed by atoms with Crippen molar-refractivity contribution in [2.75, 3.05) is 48.7 Å². The highest BCUT2D eigenvalue weighted by Gasteiger charge is 2.31. The number of aromatic nitrogens is 2. The second-order valence-corrected chi connectivity index (χ2v) is 9.92. The molecule has 0 unspecified atom stereocenters. The Morgan fingerprint density at radius 1 is 1.19 bits per heavy atom. The van der Waals surface area contributed by atoms with Crippen LogP contribution >= 0.6 is 11.3 Å². The van der Waals surface area contributed by atoms with Crippen molar-refractivity contribution in [3.63, 3.8) is 0 Å². The van der Waals surface area contributed by atoms with E-state index in [0.717, 1.165) is 15.8 Å². The number of aliphatic imine (C=N–C) groups is 1. The fourth-order valence-corrected chi connectivity index (χ4v) is 5.01. The van der Waals surface area contributed by atoms with E-state index in [-0.39, 0.29) is 23.3 Å². The number of amides is 2. The smallest absolute Gasteiger partial charge is 0.387 e. The molecular weight excluding hydrogens is 492 g/mol. The maximum absolute atomic E-state index is 12.8. The van der Waals surface area contributed by atoms with Crippen LogP contribution in [-0.2, 0) is 4.74 Å². The average Bonchev–Trinajstić information content (AvgIpc) is 3.42. The first-order chi connectivity index (χ1) is 17.2. The monoisotopic (exact) mass is 517 g/mol. The molecule has 10 nitrogen and oxygen atoms in total. The summed E-state index contributed by atoms with van der Waals surface area (Å²) in [7, 11) is 0. The average molecular weight is 518 g/mol. The number of fused-ring (bicyclic) bond motifs is 1. The van der Waals surface area contributed by atoms with Crippen LogP contribution in [0.15, 0.2) is 34.6 Å². The third-order valence-electron chi connectivity index (χ3n) is 5.83. The molecule has 0 radical (unpaired) electrons. The highest BCUT2D eigenvalue weighted by molar-refractivity contribution is 7.17. The highest BCUT2D eigenvalue weighted by atomic mass is 32.1. The molecule has 2 amide bonds. The first-order valence-corrected chi connectivity index (χ1v) is 12.2. The summed E-state index contributed by atoms with van der Waals surface area (Å²) in [5.74, 6) is 1.47. The molecule has 3 aromatic rings. The molecule has 0 spiro atoms. The predicted octanol–water partition coefficient (Wildman–Crippen LogP) is 3.78. The Labute approximate surface area is 209 Å². The maximum atomic E-state index is 12.8. The Morgan fingerprint density at radius 3 is 2.56 bits per heavy atom. The van der Waals surface area contributed by atoms with Crippen LogP contribution in [0.5, 0.6) is 5.75 Å². The number of nitrogens with zero attached hydrogens (tertiary/aromatic N) is 5. The van der Waals surface area contributed by atoms with Crippen LogP contribution in [0.4, 0.5) is 31.0 Å². The SMILES string of the molecule is CC1(C)COC(c2csc3nc(N)nc(N4CCN(C(=O)Nc5ccc(OC(F)F)cc5)CC4)c23)=N1. The molecule has 1 saturated heterocycles. The molecule has 13 heteroatoms. The summed E-state index contributed by atoms with van der Waals surface area (Å²) >= 11 is 1.46. The molecule has 190 valence electrons. The molecule has 2 aliphatic rings. The summed E-state index contributed by atoms with van der Waals surface area (Å²) in [5.41, 5.74) is 7.04. The molecule has 1 aromatic carbocycles. The van der Waals surface area contributed by atoms with Crippen molar-refractivity contribution in [2.45, 2.75) is 26.0 Å². The zero-order valence-corrected chi connectivity index (χ0v) is 20.5. The van der Waals surface area contributed by atoms with Gasteiger partial charge in [0.25, 0.3) is 0 Å². The number of piperazine rings is 1. The van der Waals surface area contributed by atoms with Crippen LogP contribution in [0.3, 0.4) is 0 Å². The molecule has 0 atom stereocenters. The van der Waals surface area contributed by atoms with E-state index in [9.17, 15) is 13.6 Å². The lowest BCUT2D eigenvalue weighted by Gasteiger charge is -2.35. The molecule has 4 heterocycles. The minimum Gasteiger partial charge on any atom is -0.475 e. The van der Waals surface area contributed by atoms with Crippen molar-refractivity contribution in [2.24, 2.45) is 4.99 Å². The molecular formula is C23H25F2N7O3S. The minimum atomic E-state index is -2.90. The third kappa shape index (κ3) is 4.96. The number of carbonyl (C=O) groups excluding carboxylic acids is 1. The topological polar surface area (TPSA) is 118 Å². The Morgan fingerprint density at radius 2 is 1.92 bits per heavy atom. The van der Waals surface area contributed by atoms with E-state index in [1.165, 1.54) is 35.6 Å². The molecule has 3 N–H and O–H groups in total. The summed E-state index contributed by atoms with van der Waals surface area (Å²) < 4.78 is 34.8. The maximum Gasteiger partial charge on any atom is 0.387 e. The van der Waals surface area contributed by atoms with Crippen molar-refractivity contribution in [3.05, 3.63) is 35.2 Å². The first kappa shape index (κ1) is 24.0. The lowest BCUT2D eigenvalue weighted by molar-refractivity contribution is -0.0498. The van der Waals surface area contributed by atoms with E-state index in [4.69, 9.17) is 15.5 Å². The Kier molecular flexibility index (Phi) is 6.24. The van der Waals surface area contributed by atoms with Gasteiger partial charge in [0.1, 0.15) is 23.0 Å². The van der Waals surface area contributed by atoms with Gasteiger partial charge < -0.3 is 30.3 Å². The van der Waals surface area contributed by atoms with E-state index in [1.807, 2.05) is 19.2 Å². The molecule has 0 bridgehead atoms. The molecule has 2 aromatic heterocycles. The van der Waals surface area contributed by atoms with Crippen molar-refractivity contribution in [1.82, 2.24) is 14.9 Å². The van der Waals surface area contributed by atoms with Gasteiger partial charge in [-0.1, -0.05) is 0 Å². The number of nitrogens with two attached hydrogens (primary N) is 1. The van der Waals surface area contributed by atoms with Gasteiger partial charge in [-0.25, -0.2) is 14.8 Å². The van der Waals surface area contributed by atoms with Gasteiger partial charge >= 0.3 is 12.6 Å². The van der Waals surface area contributed by atoms with Crippen LogP contribution < -0.4 is 20.7 Å². The van der Waals surface area contributed by atoms with Crippen LogP contribution in [0.25, 0.3) is 10.2 Å². The zero-order valence-electron chi connectivity index (χ0n) is 19.7. The number of alkyl halides is 2. The van der Waals surface area contributed by atoms with Gasteiger partial charge in [0.2, 0.25) is 11.8 Å². The predicted molar refractivity (Wildman–Crippen MR) is 134 cm³/mol. The summed E-state index contributed by atoms with van der Waals surface area (Å²) in [6.07, 6.45) is 0. The molecule has 0 saturated carbocycles. The van der Waals surface area contributed by atoms with E-state index in [1.54, 1.807) is 4.90 Å². The normalized spacial score (nSPS) is 17.3. The van der Waals surface area contributed by atoms with Gasteiger partial charge in [0.05, 0.1) is 16.5 Å². The Hall–Kier alpha value is -3.74. The molecule has 5 rings (SSSR count). The fourth-order valence-electron chi connectivity index (χ4n) is 4.09. The van der Waals surface area contributed by atoms with Crippen LogP contribution in [0.2, 0.25) is 0 Å². The van der Waals surface area contributed by atoms with Crippen molar-refractivity contribution in [3.8, 4) is 5.75 Å². The molecule has 0 aliphatic carbocycles. The van der Waals surface area contributed by atoms with Crippen LogP contribution in [-0.4, -0.2) is 71.7 Å². The number of rotatable bonds is 5. The van der Waals surface area contributed by atoms with E-state index in [2.05, 4.69) is 24.9 Å². The third-order valence-corrected chi connectivity index (χ3v) is 6.70. The second kappa shape index (κ2) is 9.37. The van der Waals surface area contributed by atoms with Crippen molar-refractivity contribution >= 4 is 50.9 Å². The molecule has 1 fully saturated rings. The Bertz CT molecular complexity index is 1310. The van der Waals surface area contributed by atoms with Gasteiger partial charge in [-0.05, 0) is 38.1 Å². The second-order valence-electron chi connectivity index (χ2n) is 9.06. The number of benzene rings is 1. The van der Waals surface area contributed by atoms with Gasteiger partial charge in [-0.15, -0.1) is 11.3 Å². The van der Waals surface area contributed by atoms with Crippen LogP contribution in [0.1, 0.15) is 19.4 Å². The zero-order chi connectivity index (χ0) is 25.4. The number of hydrogen-bond donors (Lipinski definition) is 2. The number of carbonyl (C=O) groups is 1. The van der Waals surface area contributed by atoms with E-state index >= 15 is 0 Å². The lowest BCUT2D eigenvalue weighted by atomic mass is 10.1. The quantitative estimate of drug-likeness (QED) is 0.529. The van der Waals surface area contributed by atoms with Gasteiger partial charge in [-0.2, -0.15) is 13.8 Å². The van der Waals surface area contributed by atoms with Gasteiger partial charge in [0.15, 0.2) is 0 Å². The molecule has 2 aliphatic heterocycles. The molecule has 36 heavy (non-hydrogen) atoms. The summed E-state index contributed by atoms with van der Waals surface area (Å²) in [6, 6.07) is 5.50. The number of ether oxygens (including phenoxy) is 2. The van der Waals surface area contributed by atoms with Crippen molar-refractivity contribution in [1.29, 1.82) is 0 Å². The largest absolute Gasteiger partial charge is 0.475 e. The number of nitrogens with one attached hydrogen (secondary N) is 1.